The van der Waals surface area contributed by atoms with Gasteiger partial charge in [0.15, 0.2) is 0 Å². The molecule has 8 heteroatoms. The number of methoxy groups -OCH3 is 1. The predicted octanol–water partition coefficient (Wildman–Crippen LogP) is 6.16. The average Bonchev–Trinajstić information content (AvgIpc) is 3.37. The molecule has 1 aromatic heterocycles. The first-order chi connectivity index (χ1) is 18.6. The number of aromatic amines is 1. The lowest BCUT2D eigenvalue weighted by Gasteiger charge is -2.29. The SMILES string of the molecule is COC(=O)c1cc(-c2ccc(N3CCOCC3)cc2)ccc1NC(C#N)CCc1c[nH]c2cc(Br)ccc12. The second-order valence-electron chi connectivity index (χ2n) is 9.27. The fourth-order valence-electron chi connectivity index (χ4n) is 4.84. The normalized spacial score (nSPS) is 14.2. The maximum atomic E-state index is 12.7. The summed E-state index contributed by atoms with van der Waals surface area (Å²) >= 11 is 3.50. The van der Waals surface area contributed by atoms with Crippen molar-refractivity contribution in [3.8, 4) is 17.2 Å². The van der Waals surface area contributed by atoms with Gasteiger partial charge in [0.05, 0.1) is 32.0 Å². The minimum Gasteiger partial charge on any atom is -0.465 e. The Labute approximate surface area is 230 Å². The van der Waals surface area contributed by atoms with Crippen molar-refractivity contribution in [3.63, 3.8) is 0 Å². The van der Waals surface area contributed by atoms with Crippen LogP contribution in [0.5, 0.6) is 0 Å². The molecule has 7 nitrogen and oxygen atoms in total. The zero-order valence-electron chi connectivity index (χ0n) is 21.2. The molecule has 0 amide bonds. The zero-order valence-corrected chi connectivity index (χ0v) is 22.8. The fourth-order valence-corrected chi connectivity index (χ4v) is 5.20. The van der Waals surface area contributed by atoms with Crippen molar-refractivity contribution in [3.05, 3.63) is 82.5 Å². The number of morpholine rings is 1. The van der Waals surface area contributed by atoms with Gasteiger partial charge in [0.2, 0.25) is 0 Å². The number of aromatic nitrogens is 1. The smallest absolute Gasteiger partial charge is 0.339 e. The van der Waals surface area contributed by atoms with Crippen LogP contribution in [0, 0.1) is 11.3 Å². The van der Waals surface area contributed by atoms with Gasteiger partial charge in [0.1, 0.15) is 6.04 Å². The third-order valence-electron chi connectivity index (χ3n) is 6.92. The Balaban J connectivity index is 1.32. The minimum absolute atomic E-state index is 0.402. The summed E-state index contributed by atoms with van der Waals surface area (Å²) in [6.45, 7) is 3.24. The number of benzene rings is 3. The first-order valence-electron chi connectivity index (χ1n) is 12.6. The van der Waals surface area contributed by atoms with E-state index in [0.717, 1.165) is 64.1 Å². The van der Waals surface area contributed by atoms with Crippen LogP contribution in [0.25, 0.3) is 22.0 Å². The third kappa shape index (κ3) is 5.69. The molecule has 2 N–H and O–H groups in total. The van der Waals surface area contributed by atoms with Gasteiger partial charge in [0, 0.05) is 46.0 Å². The van der Waals surface area contributed by atoms with Crippen LogP contribution in [-0.4, -0.2) is 50.4 Å². The summed E-state index contributed by atoms with van der Waals surface area (Å²) in [4.78, 5) is 18.3. The van der Waals surface area contributed by atoms with Crippen LogP contribution in [0.3, 0.4) is 0 Å². The topological polar surface area (TPSA) is 90.4 Å². The molecule has 194 valence electrons. The van der Waals surface area contributed by atoms with E-state index >= 15 is 0 Å². The second-order valence-corrected chi connectivity index (χ2v) is 10.2. The molecular formula is C30H29BrN4O3. The first-order valence-corrected chi connectivity index (χ1v) is 13.4. The van der Waals surface area contributed by atoms with Gasteiger partial charge in [-0.3, -0.25) is 0 Å². The van der Waals surface area contributed by atoms with Gasteiger partial charge in [-0.25, -0.2) is 4.79 Å². The number of fused-ring (bicyclic) bond motifs is 1. The van der Waals surface area contributed by atoms with Crippen LogP contribution in [0.1, 0.15) is 22.3 Å². The standard InChI is InChI=1S/C30H29BrN4O3/c1-37-30(36)27-16-21(20-3-8-25(9-4-20)35-12-14-38-15-13-35)5-11-28(27)34-24(18-32)7-2-22-19-33-29-17-23(31)6-10-26(22)29/h3-6,8-11,16-17,19,24,33-34H,2,7,12-15H2,1H3. The number of nitriles is 1. The van der Waals surface area contributed by atoms with Crippen LogP contribution in [-0.2, 0) is 15.9 Å². The van der Waals surface area contributed by atoms with Crippen molar-refractivity contribution >= 4 is 44.2 Å². The van der Waals surface area contributed by atoms with Gasteiger partial charge in [-0.15, -0.1) is 0 Å². The molecule has 4 aromatic rings. The highest BCUT2D eigenvalue weighted by Gasteiger charge is 2.18. The molecule has 0 radical (unpaired) electrons. The number of esters is 1. The highest BCUT2D eigenvalue weighted by atomic mass is 79.9. The maximum Gasteiger partial charge on any atom is 0.339 e. The number of aryl methyl sites for hydroxylation is 1. The number of nitrogens with one attached hydrogen (secondary N) is 2. The number of carbonyl (C=O) groups excluding carboxylic acids is 1. The number of hydrogen-bond acceptors (Lipinski definition) is 6. The number of H-pyrrole nitrogens is 1. The second kappa shape index (κ2) is 11.7. The highest BCUT2D eigenvalue weighted by Crippen LogP contribution is 2.29. The van der Waals surface area contributed by atoms with E-state index in [1.807, 2.05) is 36.5 Å². The van der Waals surface area contributed by atoms with Gasteiger partial charge < -0.3 is 24.7 Å². The molecular weight excluding hydrogens is 544 g/mol. The summed E-state index contributed by atoms with van der Waals surface area (Å²) in [5, 5.41) is 14.3. The van der Waals surface area contributed by atoms with Gasteiger partial charge in [-0.2, -0.15) is 5.26 Å². The number of carbonyl (C=O) groups is 1. The van der Waals surface area contributed by atoms with Crippen molar-refractivity contribution < 1.29 is 14.3 Å². The molecule has 1 unspecified atom stereocenters. The van der Waals surface area contributed by atoms with Crippen molar-refractivity contribution in [1.82, 2.24) is 4.98 Å². The Morgan fingerprint density at radius 3 is 2.63 bits per heavy atom. The zero-order chi connectivity index (χ0) is 26.5. The monoisotopic (exact) mass is 572 g/mol. The largest absolute Gasteiger partial charge is 0.465 e. The summed E-state index contributed by atoms with van der Waals surface area (Å²) in [6, 6.07) is 22.0. The number of ether oxygens (including phenoxy) is 2. The lowest BCUT2D eigenvalue weighted by atomic mass is 10.00. The van der Waals surface area contributed by atoms with Crippen molar-refractivity contribution in [2.75, 3.05) is 43.6 Å². The average molecular weight is 573 g/mol. The molecule has 0 saturated carbocycles. The van der Waals surface area contributed by atoms with E-state index in [0.29, 0.717) is 24.1 Å². The molecule has 1 fully saturated rings. The predicted molar refractivity (Wildman–Crippen MR) is 154 cm³/mol. The summed E-state index contributed by atoms with van der Waals surface area (Å²) in [5.41, 5.74) is 6.25. The van der Waals surface area contributed by atoms with Crippen molar-refractivity contribution in [1.29, 1.82) is 5.26 Å². The Hall–Kier alpha value is -3.80. The van der Waals surface area contributed by atoms with Gasteiger partial charge >= 0.3 is 5.97 Å². The Morgan fingerprint density at radius 2 is 1.89 bits per heavy atom. The molecule has 0 bridgehead atoms. The maximum absolute atomic E-state index is 12.7. The van der Waals surface area contributed by atoms with Gasteiger partial charge in [0.25, 0.3) is 0 Å². The van der Waals surface area contributed by atoms with E-state index < -0.39 is 12.0 Å². The summed E-state index contributed by atoms with van der Waals surface area (Å²) in [6.07, 6.45) is 3.30. The Kier molecular flexibility index (Phi) is 7.97. The Bertz CT molecular complexity index is 1470. The lowest BCUT2D eigenvalue weighted by molar-refractivity contribution is 0.0602. The molecule has 1 atom stereocenters. The van der Waals surface area contributed by atoms with E-state index in [2.05, 4.69) is 67.5 Å². The summed E-state index contributed by atoms with van der Waals surface area (Å²) < 4.78 is 11.5. The van der Waals surface area contributed by atoms with Gasteiger partial charge in [-0.05, 0) is 65.9 Å². The summed E-state index contributed by atoms with van der Waals surface area (Å²) in [5.74, 6) is -0.446. The van der Waals surface area contributed by atoms with E-state index in [9.17, 15) is 10.1 Å². The quantitative estimate of drug-likeness (QED) is 0.246. The molecule has 0 spiro atoms. The number of rotatable bonds is 8. The van der Waals surface area contributed by atoms with Crippen LogP contribution >= 0.6 is 15.9 Å². The fraction of sp³-hybridized carbons (Fsp3) is 0.267. The van der Waals surface area contributed by atoms with Crippen LogP contribution in [0.4, 0.5) is 11.4 Å². The van der Waals surface area contributed by atoms with Crippen molar-refractivity contribution in [2.24, 2.45) is 0 Å². The third-order valence-corrected chi connectivity index (χ3v) is 7.41. The molecule has 5 rings (SSSR count). The molecule has 2 heterocycles. The number of halogens is 1. The van der Waals surface area contributed by atoms with Crippen molar-refractivity contribution in [2.45, 2.75) is 18.9 Å². The highest BCUT2D eigenvalue weighted by molar-refractivity contribution is 9.10. The van der Waals surface area contributed by atoms with E-state index in [4.69, 9.17) is 9.47 Å². The van der Waals surface area contributed by atoms with E-state index in [1.54, 1.807) is 0 Å². The molecule has 3 aromatic carbocycles. The molecule has 1 aliphatic heterocycles. The molecule has 0 aliphatic carbocycles. The number of anilines is 2. The van der Waals surface area contributed by atoms with E-state index in [1.165, 1.54) is 7.11 Å². The number of hydrogen-bond donors (Lipinski definition) is 2. The molecule has 1 aliphatic rings. The minimum atomic E-state index is -0.475. The molecule has 38 heavy (non-hydrogen) atoms. The van der Waals surface area contributed by atoms with E-state index in [-0.39, 0.29) is 0 Å². The van der Waals surface area contributed by atoms with Crippen LogP contribution in [0.15, 0.2) is 71.3 Å². The lowest BCUT2D eigenvalue weighted by Crippen LogP contribution is -2.36. The molecule has 1 saturated heterocycles. The summed E-state index contributed by atoms with van der Waals surface area (Å²) in [7, 11) is 1.37. The number of nitrogens with zero attached hydrogens (tertiary/aromatic N) is 2. The Morgan fingerprint density at radius 1 is 1.13 bits per heavy atom. The van der Waals surface area contributed by atoms with Crippen LogP contribution < -0.4 is 10.2 Å². The first kappa shape index (κ1) is 25.8. The van der Waals surface area contributed by atoms with Crippen LogP contribution in [0.2, 0.25) is 0 Å². The van der Waals surface area contributed by atoms with Gasteiger partial charge in [-0.1, -0.05) is 40.2 Å².